The first-order valence-electron chi connectivity index (χ1n) is 26.8. The van der Waals surface area contributed by atoms with Gasteiger partial charge in [-0.25, -0.2) is 14.6 Å². The molecule has 1 atom stereocenters. The number of thiol groups is 1. The number of pyridine rings is 2. The summed E-state index contributed by atoms with van der Waals surface area (Å²) in [5, 5.41) is 21.3. The molecule has 0 fully saturated rings. The number of methoxy groups -OCH3 is 7. The molecule has 0 saturated heterocycles. The van der Waals surface area contributed by atoms with Gasteiger partial charge < -0.3 is 52.1 Å². The number of H-pyrrole nitrogens is 1. The van der Waals surface area contributed by atoms with Crippen LogP contribution in [0.4, 0.5) is 0 Å². The van der Waals surface area contributed by atoms with Crippen LogP contribution in [0.15, 0.2) is 145 Å². The molecule has 0 aliphatic carbocycles. The van der Waals surface area contributed by atoms with E-state index >= 15 is 0 Å². The summed E-state index contributed by atoms with van der Waals surface area (Å²) in [5.41, 5.74) is 5.71. The van der Waals surface area contributed by atoms with E-state index in [4.69, 9.17) is 138 Å². The Balaban J connectivity index is 0.000000314. The molecular formula is C64H52BBrCl12N4O16PS. The summed E-state index contributed by atoms with van der Waals surface area (Å²) in [7, 11) is 14.2. The number of aromatic amines is 1. The van der Waals surface area contributed by atoms with Crippen molar-refractivity contribution >= 4 is 269 Å². The van der Waals surface area contributed by atoms with Crippen LogP contribution in [0.25, 0.3) is 65.7 Å². The Morgan fingerprint density at radius 1 is 0.640 bits per heavy atom. The summed E-state index contributed by atoms with van der Waals surface area (Å²) in [6, 6.07) is 37.4. The van der Waals surface area contributed by atoms with Crippen LogP contribution in [0, 0.1) is 11.3 Å². The second-order valence-electron chi connectivity index (χ2n) is 18.6. The molecule has 529 valence electrons. The normalized spacial score (nSPS) is 10.7. The Labute approximate surface area is 645 Å². The first-order chi connectivity index (χ1) is 46.6. The van der Waals surface area contributed by atoms with Crippen molar-refractivity contribution in [1.82, 2.24) is 9.97 Å². The molecule has 0 amide bonds. The van der Waals surface area contributed by atoms with E-state index in [1.54, 1.807) is 68.8 Å². The van der Waals surface area contributed by atoms with Crippen LogP contribution in [0.5, 0.6) is 23.0 Å². The van der Waals surface area contributed by atoms with E-state index in [0.717, 1.165) is 43.8 Å². The number of esters is 4. The fraction of sp³-hybridized carbons (Fsp3) is 0.172. The van der Waals surface area contributed by atoms with E-state index in [-0.39, 0.29) is 41.8 Å². The van der Waals surface area contributed by atoms with Gasteiger partial charge in [0.05, 0.1) is 89.2 Å². The fourth-order valence-electron chi connectivity index (χ4n) is 8.36. The third-order valence-electron chi connectivity index (χ3n) is 12.6. The fourth-order valence-corrected chi connectivity index (χ4v) is 9.87. The van der Waals surface area contributed by atoms with Gasteiger partial charge in [0.15, 0.2) is 11.2 Å². The van der Waals surface area contributed by atoms with E-state index in [1.807, 2.05) is 54.6 Å². The monoisotopic (exact) mass is 1700 g/mol. The average molecular weight is 1710 g/mol. The van der Waals surface area contributed by atoms with Gasteiger partial charge in [0, 0.05) is 47.7 Å². The number of phenols is 1. The minimum absolute atomic E-state index is 0. The number of ether oxygens (including phenoxy) is 7. The quantitative estimate of drug-likeness (QED) is 0.0230. The van der Waals surface area contributed by atoms with Crippen LogP contribution in [-0.4, -0.2) is 99.6 Å². The number of hydrogen-bond donors (Lipinski definition) is 3. The molecule has 4 heterocycles. The molecule has 36 heteroatoms. The van der Waals surface area contributed by atoms with Gasteiger partial charge in [-0.15, -0.1) is 0 Å². The van der Waals surface area contributed by atoms with Gasteiger partial charge >= 0.3 is 53.8 Å². The second kappa shape index (κ2) is 41.7. The van der Waals surface area contributed by atoms with Crippen LogP contribution >= 0.6 is 172 Å². The molecule has 0 aliphatic rings. The molecule has 0 aliphatic heterocycles. The molecule has 0 saturated carbocycles. The standard InChI is InChI=1S/C16H9Cl2NO2.C16H10ClNO3.C11H10BrClO4.C11H11ClO4.C8H7NO2.CCl4.CH4.BHNS.Cl3OP/c1-20-9-3-5-13-12(7-9)14-15(21-13)10-4-2-8(17)6-11(10)16(18)19-14;1-20-9-3-5-13-12(7-9)14-15(21-13)10-4-2-8(17)6-11(10)16(19)18-14;1-16-10(14)8-5-6(13)3-4-7(8)9(12)11(15)17-2;1-15-10(13)5-7-3-4-8(12)6-9(7)11(14)16-2;1-11-7-2-3-8(10)6(4-7)5-9;2-1(3,4)5;;1-2-3;1-5(2,3)4/h2-7H,1H3;2-7H,1H3,(H,18,19);3-5,9H,1-2H3;3-4,6H,5H2,1-2H3;2-4,10H,1H3;;1H4;3H;. The van der Waals surface area contributed by atoms with Gasteiger partial charge in [0.25, 0.3) is 8.81 Å². The van der Waals surface area contributed by atoms with Gasteiger partial charge in [-0.2, -0.15) is 5.26 Å². The number of furan rings is 2. The zero-order valence-electron chi connectivity index (χ0n) is 51.7. The summed E-state index contributed by atoms with van der Waals surface area (Å²) in [6.07, 6.45) is 0.0120. The third kappa shape index (κ3) is 26.5. The number of fused-ring (bicyclic) bond motifs is 10. The summed E-state index contributed by atoms with van der Waals surface area (Å²) in [6.45, 7) is 0. The van der Waals surface area contributed by atoms with Gasteiger partial charge in [0.2, 0.25) is 0 Å². The molecule has 0 spiro atoms. The topological polar surface area (TPSA) is 278 Å². The van der Waals surface area contributed by atoms with Crippen LogP contribution in [-0.2, 0) is 39.5 Å². The van der Waals surface area contributed by atoms with Crippen molar-refractivity contribution < 1.29 is 70.8 Å². The number of halogens is 13. The number of nitrogens with one attached hydrogen (secondary N) is 1. The van der Waals surface area contributed by atoms with Crippen LogP contribution in [0.3, 0.4) is 0 Å². The van der Waals surface area contributed by atoms with E-state index in [9.17, 15) is 28.5 Å². The molecule has 7 aromatic carbocycles. The predicted octanol–water partition coefficient (Wildman–Crippen LogP) is 21.6. The predicted molar refractivity (Wildman–Crippen MR) is 409 cm³/mol. The Hall–Kier alpha value is -6.27. The minimum atomic E-state index is -3.22. The van der Waals surface area contributed by atoms with E-state index in [2.05, 4.69) is 103 Å². The SMILES string of the molecule is C.COC(=O)Cc1ccc(Cl)cc1C(=O)OC.COC(=O)c1cc(Cl)ccc1C(Br)C(=O)OC.COc1ccc(O)c(C#N)c1.COc1ccc2oc3c4ccc(Cl)cc4c(=O)[nH]c3c2c1.COc1ccc2oc3c4ccc(Cl)cc4c(Cl)nc3c2c1.ClC(Cl)(Cl)Cl.O=P(Cl)(Cl)Cl.[B]=NS. The number of nitriles is 1. The van der Waals surface area contributed by atoms with Crippen molar-refractivity contribution in [3.63, 3.8) is 0 Å². The maximum absolute atomic E-state index is 12.3. The summed E-state index contributed by atoms with van der Waals surface area (Å²) < 4.78 is 56.1. The summed E-state index contributed by atoms with van der Waals surface area (Å²) in [4.78, 5) is 64.4. The van der Waals surface area contributed by atoms with Crippen molar-refractivity contribution in [2.24, 2.45) is 4.30 Å². The number of rotatable bonds is 9. The average Bonchev–Trinajstić information content (AvgIpc) is 1.59. The molecule has 1 unspecified atom stereocenters. The zero-order chi connectivity index (χ0) is 74.2. The maximum atomic E-state index is 12.3. The van der Waals surface area contributed by atoms with Gasteiger partial charge in [-0.3, -0.25) is 18.9 Å². The van der Waals surface area contributed by atoms with Crippen LogP contribution in [0.1, 0.15) is 49.7 Å². The van der Waals surface area contributed by atoms with E-state index in [1.165, 1.54) is 59.8 Å². The molecule has 4 aromatic heterocycles. The van der Waals surface area contributed by atoms with Crippen LogP contribution in [0.2, 0.25) is 25.2 Å². The first kappa shape index (κ1) is 88.0. The molecule has 11 rings (SSSR count). The van der Waals surface area contributed by atoms with E-state index < -0.39 is 37.2 Å². The molecule has 100 heavy (non-hydrogen) atoms. The van der Waals surface area contributed by atoms with Gasteiger partial charge in [-0.1, -0.05) is 140 Å². The molecule has 2 N–H and O–H groups in total. The zero-order valence-corrected chi connectivity index (χ0v) is 64.2. The van der Waals surface area contributed by atoms with E-state index in [0.29, 0.717) is 75.5 Å². The molecule has 20 nitrogen and oxygen atoms in total. The van der Waals surface area contributed by atoms with Crippen molar-refractivity contribution in [3.8, 4) is 29.1 Å². The summed E-state index contributed by atoms with van der Waals surface area (Å²) >= 11 is 69.3. The number of phenolic OH excluding ortho intramolecular Hbond substituents is 1. The number of hydrogen-bond acceptors (Lipinski definition) is 20. The number of alkyl halides is 5. The molecule has 0 bridgehead atoms. The Morgan fingerprint density at radius 2 is 1.08 bits per heavy atom. The Kier molecular flexibility index (Phi) is 36.7. The van der Waals surface area contributed by atoms with Crippen molar-refractivity contribution in [2.75, 3.05) is 49.8 Å². The van der Waals surface area contributed by atoms with Gasteiger partial charge in [0.1, 0.15) is 55.7 Å². The molecule has 11 aromatic rings. The first-order valence-corrected chi connectivity index (χ1v) is 35.9. The number of aromatic nitrogens is 2. The Bertz CT molecular complexity index is 4870. The number of nitrogens with zero attached hydrogens (tertiary/aromatic N) is 3. The number of carbonyl (C=O) groups is 4. The van der Waals surface area contributed by atoms with Crippen molar-refractivity contribution in [2.45, 2.75) is 21.9 Å². The van der Waals surface area contributed by atoms with Gasteiger partial charge in [-0.05, 0) is 154 Å². The summed E-state index contributed by atoms with van der Waals surface area (Å²) in [5.74, 6) is -0.00330. The number of benzene rings is 7. The van der Waals surface area contributed by atoms with Crippen molar-refractivity contribution in [1.29, 1.82) is 5.26 Å². The Morgan fingerprint density at radius 3 is 1.59 bits per heavy atom. The molecular weight excluding hydrogens is 1660 g/mol. The third-order valence-corrected chi connectivity index (χ3v) is 14.7. The second-order valence-corrected chi connectivity index (χ2v) is 32.0. The van der Waals surface area contributed by atoms with Crippen molar-refractivity contribution in [3.05, 3.63) is 191 Å². The van der Waals surface area contributed by atoms with Crippen LogP contribution < -0.4 is 19.8 Å². The number of aromatic hydroxyl groups is 1. The molecule has 1 radical (unpaired) electrons. The number of carbonyl (C=O) groups excluding carboxylic acids is 4.